The van der Waals surface area contributed by atoms with Crippen molar-refractivity contribution in [2.75, 3.05) is 7.05 Å². The molecule has 0 saturated heterocycles. The first-order valence-electron chi connectivity index (χ1n) is 7.64. The van der Waals surface area contributed by atoms with Crippen molar-refractivity contribution in [3.63, 3.8) is 0 Å². The van der Waals surface area contributed by atoms with E-state index in [0.717, 1.165) is 5.56 Å². The second kappa shape index (κ2) is 6.95. The second-order valence-electron chi connectivity index (χ2n) is 7.07. The van der Waals surface area contributed by atoms with Crippen LogP contribution in [0.5, 0.6) is 0 Å². The Labute approximate surface area is 133 Å². The third-order valence-electron chi connectivity index (χ3n) is 3.68. The summed E-state index contributed by atoms with van der Waals surface area (Å²) in [6, 6.07) is 5.68. The number of nitrogens with zero attached hydrogens (tertiary/aromatic N) is 1. The van der Waals surface area contributed by atoms with E-state index in [-0.39, 0.29) is 11.8 Å². The van der Waals surface area contributed by atoms with Crippen LogP contribution in [-0.4, -0.2) is 29.8 Å². The SMILES string of the molecule is Cc1ccc(CN(C)C(=O)C(C)NC(=O)C(C)(C)C)c(C)c1. The van der Waals surface area contributed by atoms with E-state index in [2.05, 4.69) is 18.3 Å². The maximum absolute atomic E-state index is 12.4. The van der Waals surface area contributed by atoms with Gasteiger partial charge in [0.2, 0.25) is 11.8 Å². The lowest BCUT2D eigenvalue weighted by atomic mass is 9.95. The standard InChI is InChI=1S/C18H28N2O2/c1-12-8-9-15(13(2)10-12)11-20(7)16(21)14(3)19-17(22)18(4,5)6/h8-10,14H,11H2,1-7H3,(H,19,22). The fraction of sp³-hybridized carbons (Fsp3) is 0.556. The van der Waals surface area contributed by atoms with Crippen LogP contribution in [0.25, 0.3) is 0 Å². The van der Waals surface area contributed by atoms with Crippen LogP contribution in [0.3, 0.4) is 0 Å². The largest absolute Gasteiger partial charge is 0.344 e. The summed E-state index contributed by atoms with van der Waals surface area (Å²) < 4.78 is 0. The fourth-order valence-corrected chi connectivity index (χ4v) is 2.16. The van der Waals surface area contributed by atoms with E-state index in [1.807, 2.05) is 39.8 Å². The number of hydrogen-bond acceptors (Lipinski definition) is 2. The number of nitrogens with one attached hydrogen (secondary N) is 1. The maximum Gasteiger partial charge on any atom is 0.244 e. The number of benzene rings is 1. The Morgan fingerprint density at radius 2 is 1.82 bits per heavy atom. The number of hydrogen-bond donors (Lipinski definition) is 1. The number of carbonyl (C=O) groups is 2. The highest BCUT2D eigenvalue weighted by atomic mass is 16.2. The van der Waals surface area contributed by atoms with Crippen molar-refractivity contribution < 1.29 is 9.59 Å². The van der Waals surface area contributed by atoms with Gasteiger partial charge in [-0.1, -0.05) is 44.5 Å². The van der Waals surface area contributed by atoms with Gasteiger partial charge in [-0.2, -0.15) is 0 Å². The summed E-state index contributed by atoms with van der Waals surface area (Å²) in [4.78, 5) is 26.0. The number of rotatable bonds is 4. The van der Waals surface area contributed by atoms with Crippen molar-refractivity contribution in [3.05, 3.63) is 34.9 Å². The zero-order valence-corrected chi connectivity index (χ0v) is 14.8. The molecule has 0 aliphatic heterocycles. The van der Waals surface area contributed by atoms with Gasteiger partial charge in [-0.05, 0) is 31.9 Å². The van der Waals surface area contributed by atoms with Crippen LogP contribution in [0.2, 0.25) is 0 Å². The third kappa shape index (κ3) is 4.86. The molecule has 4 heteroatoms. The van der Waals surface area contributed by atoms with E-state index >= 15 is 0 Å². The van der Waals surface area contributed by atoms with E-state index in [4.69, 9.17) is 0 Å². The number of amides is 2. The smallest absolute Gasteiger partial charge is 0.244 e. The molecule has 0 fully saturated rings. The Kier molecular flexibility index (Phi) is 5.75. The summed E-state index contributed by atoms with van der Waals surface area (Å²) in [7, 11) is 1.77. The number of aryl methyl sites for hydroxylation is 2. The van der Waals surface area contributed by atoms with Crippen molar-refractivity contribution in [2.24, 2.45) is 5.41 Å². The van der Waals surface area contributed by atoms with Gasteiger partial charge in [0.25, 0.3) is 0 Å². The highest BCUT2D eigenvalue weighted by Gasteiger charge is 2.26. The van der Waals surface area contributed by atoms with Crippen LogP contribution >= 0.6 is 0 Å². The van der Waals surface area contributed by atoms with E-state index in [9.17, 15) is 9.59 Å². The van der Waals surface area contributed by atoms with Crippen LogP contribution < -0.4 is 5.32 Å². The average Bonchev–Trinajstić information content (AvgIpc) is 2.39. The summed E-state index contributed by atoms with van der Waals surface area (Å²) in [5.41, 5.74) is 3.00. The predicted molar refractivity (Wildman–Crippen MR) is 89.4 cm³/mol. The molecule has 0 saturated carbocycles. The third-order valence-corrected chi connectivity index (χ3v) is 3.68. The van der Waals surface area contributed by atoms with Crippen LogP contribution in [-0.2, 0) is 16.1 Å². The molecule has 122 valence electrons. The molecule has 1 rings (SSSR count). The highest BCUT2D eigenvalue weighted by Crippen LogP contribution is 2.15. The molecule has 0 radical (unpaired) electrons. The lowest BCUT2D eigenvalue weighted by molar-refractivity contribution is -0.137. The highest BCUT2D eigenvalue weighted by molar-refractivity contribution is 5.89. The number of carbonyl (C=O) groups excluding carboxylic acids is 2. The molecule has 0 bridgehead atoms. The fourth-order valence-electron chi connectivity index (χ4n) is 2.16. The van der Waals surface area contributed by atoms with Gasteiger partial charge in [-0.15, -0.1) is 0 Å². The molecule has 1 aromatic rings. The summed E-state index contributed by atoms with van der Waals surface area (Å²) in [6.07, 6.45) is 0. The van der Waals surface area contributed by atoms with E-state index in [1.54, 1.807) is 18.9 Å². The first-order valence-corrected chi connectivity index (χ1v) is 7.64. The maximum atomic E-state index is 12.4. The molecule has 0 spiro atoms. The van der Waals surface area contributed by atoms with Gasteiger partial charge >= 0.3 is 0 Å². The van der Waals surface area contributed by atoms with Gasteiger partial charge in [-0.3, -0.25) is 9.59 Å². The molecule has 1 atom stereocenters. The van der Waals surface area contributed by atoms with Gasteiger partial charge in [0.1, 0.15) is 6.04 Å². The molecule has 0 aliphatic rings. The Hall–Kier alpha value is -1.84. The summed E-state index contributed by atoms with van der Waals surface area (Å²) >= 11 is 0. The minimum absolute atomic E-state index is 0.0856. The topological polar surface area (TPSA) is 49.4 Å². The first kappa shape index (κ1) is 18.2. The van der Waals surface area contributed by atoms with Gasteiger partial charge in [0.05, 0.1) is 0 Å². The van der Waals surface area contributed by atoms with Crippen molar-refractivity contribution in [1.29, 1.82) is 0 Å². The molecule has 1 aromatic carbocycles. The van der Waals surface area contributed by atoms with Crippen molar-refractivity contribution in [1.82, 2.24) is 10.2 Å². The predicted octanol–water partition coefficient (Wildman–Crippen LogP) is 2.81. The Morgan fingerprint density at radius 3 is 2.32 bits per heavy atom. The first-order chi connectivity index (χ1) is 10.0. The molecule has 22 heavy (non-hydrogen) atoms. The molecule has 1 N–H and O–H groups in total. The number of likely N-dealkylation sites (N-methyl/N-ethyl adjacent to an activating group) is 1. The van der Waals surface area contributed by atoms with Gasteiger partial charge in [-0.25, -0.2) is 0 Å². The molecule has 0 aromatic heterocycles. The van der Waals surface area contributed by atoms with Crippen LogP contribution in [0.15, 0.2) is 18.2 Å². The van der Waals surface area contributed by atoms with Crippen molar-refractivity contribution >= 4 is 11.8 Å². The second-order valence-corrected chi connectivity index (χ2v) is 7.07. The summed E-state index contributed by atoms with van der Waals surface area (Å²) in [5, 5.41) is 2.78. The molecule has 2 amide bonds. The van der Waals surface area contributed by atoms with Crippen molar-refractivity contribution in [2.45, 2.75) is 54.1 Å². The van der Waals surface area contributed by atoms with Gasteiger partial charge < -0.3 is 10.2 Å². The van der Waals surface area contributed by atoms with Crippen molar-refractivity contribution in [3.8, 4) is 0 Å². The monoisotopic (exact) mass is 304 g/mol. The van der Waals surface area contributed by atoms with E-state index in [1.165, 1.54) is 11.1 Å². The minimum Gasteiger partial charge on any atom is -0.344 e. The van der Waals surface area contributed by atoms with Crippen LogP contribution in [0.1, 0.15) is 44.4 Å². The summed E-state index contributed by atoms with van der Waals surface area (Å²) in [5.74, 6) is -0.203. The molecule has 0 aliphatic carbocycles. The van der Waals surface area contributed by atoms with Crippen LogP contribution in [0, 0.1) is 19.3 Å². The lowest BCUT2D eigenvalue weighted by Gasteiger charge is -2.25. The molecular weight excluding hydrogens is 276 g/mol. The zero-order chi connectivity index (χ0) is 17.1. The normalized spacial score (nSPS) is 12.7. The van der Waals surface area contributed by atoms with Crippen LogP contribution in [0.4, 0.5) is 0 Å². The molecule has 0 heterocycles. The Morgan fingerprint density at radius 1 is 1.23 bits per heavy atom. The molecular formula is C18H28N2O2. The van der Waals surface area contributed by atoms with E-state index in [0.29, 0.717) is 6.54 Å². The summed E-state index contributed by atoms with van der Waals surface area (Å²) in [6.45, 7) is 11.9. The van der Waals surface area contributed by atoms with Gasteiger partial charge in [0, 0.05) is 19.0 Å². The molecule has 1 unspecified atom stereocenters. The van der Waals surface area contributed by atoms with E-state index < -0.39 is 11.5 Å². The van der Waals surface area contributed by atoms with Gasteiger partial charge in [0.15, 0.2) is 0 Å². The zero-order valence-electron chi connectivity index (χ0n) is 14.8. The Bertz CT molecular complexity index is 559. The Balaban J connectivity index is 2.70. The molecule has 4 nitrogen and oxygen atoms in total. The average molecular weight is 304 g/mol. The lowest BCUT2D eigenvalue weighted by Crippen LogP contribution is -2.48. The minimum atomic E-state index is -0.525. The quantitative estimate of drug-likeness (QED) is 0.930.